The molecule has 0 atom stereocenters. The topological polar surface area (TPSA) is 62.3 Å². The van der Waals surface area contributed by atoms with Crippen LogP contribution in [0.25, 0.3) is 10.6 Å². The second kappa shape index (κ2) is 7.33. The number of amides is 2. The first-order valence-electron chi connectivity index (χ1n) is 6.69. The molecule has 0 bridgehead atoms. The minimum Gasteiger partial charge on any atom is -0.355 e. The highest BCUT2D eigenvalue weighted by atomic mass is 32.1. The monoisotopic (exact) mass is 323 g/mol. The van der Waals surface area contributed by atoms with E-state index in [4.69, 9.17) is 0 Å². The van der Waals surface area contributed by atoms with Crippen LogP contribution in [0.1, 0.15) is 24.3 Å². The number of carbonyl (C=O) groups excluding carboxylic acids is 2. The predicted octanol–water partition coefficient (Wildman–Crippen LogP) is 2.47. The first-order chi connectivity index (χ1) is 10.2. The SMILES string of the molecule is CCNC(=O)CN(CC)C(=O)c1csc(-c2ccsc2)n1. The molecule has 0 unspecified atom stereocenters. The highest BCUT2D eigenvalue weighted by Gasteiger charge is 2.20. The lowest BCUT2D eigenvalue weighted by atomic mass is 10.3. The molecule has 0 fully saturated rings. The van der Waals surface area contributed by atoms with Crippen molar-refractivity contribution in [2.75, 3.05) is 19.6 Å². The van der Waals surface area contributed by atoms with Crippen LogP contribution in [-0.4, -0.2) is 41.3 Å². The van der Waals surface area contributed by atoms with Crippen LogP contribution >= 0.6 is 22.7 Å². The lowest BCUT2D eigenvalue weighted by Crippen LogP contribution is -2.40. The molecule has 0 aromatic carbocycles. The third-order valence-corrected chi connectivity index (χ3v) is 4.44. The van der Waals surface area contributed by atoms with Gasteiger partial charge in [-0.3, -0.25) is 9.59 Å². The highest BCUT2D eigenvalue weighted by Crippen LogP contribution is 2.26. The van der Waals surface area contributed by atoms with E-state index in [1.807, 2.05) is 30.7 Å². The Labute approximate surface area is 131 Å². The molecule has 0 spiro atoms. The number of carbonyl (C=O) groups is 2. The largest absolute Gasteiger partial charge is 0.355 e. The molecule has 5 nitrogen and oxygen atoms in total. The van der Waals surface area contributed by atoms with E-state index in [0.717, 1.165) is 10.6 Å². The van der Waals surface area contributed by atoms with E-state index in [0.29, 0.717) is 18.8 Å². The number of nitrogens with one attached hydrogen (secondary N) is 1. The summed E-state index contributed by atoms with van der Waals surface area (Å²) in [5, 5.41) is 9.25. The molecule has 112 valence electrons. The van der Waals surface area contributed by atoms with Crippen LogP contribution in [-0.2, 0) is 4.79 Å². The molecule has 0 saturated carbocycles. The third kappa shape index (κ3) is 3.89. The average Bonchev–Trinajstić information content (AvgIpc) is 3.14. The Bertz CT molecular complexity index is 608. The summed E-state index contributed by atoms with van der Waals surface area (Å²) in [4.78, 5) is 29.9. The zero-order chi connectivity index (χ0) is 15.2. The van der Waals surface area contributed by atoms with Crippen LogP contribution in [0.4, 0.5) is 0 Å². The lowest BCUT2D eigenvalue weighted by Gasteiger charge is -2.18. The molecule has 0 aliphatic heterocycles. The zero-order valence-electron chi connectivity index (χ0n) is 12.0. The molecule has 2 heterocycles. The van der Waals surface area contributed by atoms with E-state index in [1.165, 1.54) is 16.2 Å². The summed E-state index contributed by atoms with van der Waals surface area (Å²) in [5.74, 6) is -0.359. The summed E-state index contributed by atoms with van der Waals surface area (Å²) in [6, 6.07) is 1.98. The fourth-order valence-electron chi connectivity index (χ4n) is 1.81. The Morgan fingerprint density at radius 2 is 2.14 bits per heavy atom. The Hall–Kier alpha value is -1.73. The van der Waals surface area contributed by atoms with Gasteiger partial charge in [0.1, 0.15) is 10.7 Å². The van der Waals surface area contributed by atoms with Crippen molar-refractivity contribution in [1.29, 1.82) is 0 Å². The molecule has 0 aliphatic rings. The van der Waals surface area contributed by atoms with Crippen LogP contribution in [0.5, 0.6) is 0 Å². The van der Waals surface area contributed by atoms with Crippen molar-refractivity contribution >= 4 is 34.5 Å². The standard InChI is InChI=1S/C14H17N3O2S2/c1-3-15-12(18)7-17(4-2)14(19)11-9-21-13(16-11)10-5-6-20-8-10/h5-6,8-9H,3-4,7H2,1-2H3,(H,15,18). The van der Waals surface area contributed by atoms with Crippen LogP contribution in [0.2, 0.25) is 0 Å². The first kappa shape index (κ1) is 15.7. The molecule has 0 saturated heterocycles. The summed E-state index contributed by atoms with van der Waals surface area (Å²) < 4.78 is 0. The number of thiophene rings is 1. The van der Waals surface area contributed by atoms with Crippen LogP contribution in [0.3, 0.4) is 0 Å². The first-order valence-corrected chi connectivity index (χ1v) is 8.52. The summed E-state index contributed by atoms with van der Waals surface area (Å²) in [5.41, 5.74) is 1.42. The molecule has 7 heteroatoms. The second-order valence-electron chi connectivity index (χ2n) is 4.32. The molecule has 2 aromatic rings. The van der Waals surface area contributed by atoms with Gasteiger partial charge in [0.05, 0.1) is 6.54 Å². The van der Waals surface area contributed by atoms with E-state index in [-0.39, 0.29) is 18.4 Å². The Kier molecular flexibility index (Phi) is 5.46. The van der Waals surface area contributed by atoms with E-state index in [2.05, 4.69) is 10.3 Å². The zero-order valence-corrected chi connectivity index (χ0v) is 13.6. The fourth-order valence-corrected chi connectivity index (χ4v) is 3.31. The van der Waals surface area contributed by atoms with E-state index in [1.54, 1.807) is 16.7 Å². The Balaban J connectivity index is 2.09. The van der Waals surface area contributed by atoms with Gasteiger partial charge >= 0.3 is 0 Å². The van der Waals surface area contributed by atoms with Crippen LogP contribution in [0, 0.1) is 0 Å². The summed E-state index contributed by atoms with van der Waals surface area (Å²) in [7, 11) is 0. The minimum atomic E-state index is -0.207. The number of aromatic nitrogens is 1. The number of rotatable bonds is 6. The second-order valence-corrected chi connectivity index (χ2v) is 5.96. The van der Waals surface area contributed by atoms with Gasteiger partial charge in [0, 0.05) is 29.4 Å². The number of hydrogen-bond acceptors (Lipinski definition) is 5. The van der Waals surface area contributed by atoms with E-state index in [9.17, 15) is 9.59 Å². The van der Waals surface area contributed by atoms with Gasteiger partial charge in [0.15, 0.2) is 0 Å². The molecular weight excluding hydrogens is 306 g/mol. The van der Waals surface area contributed by atoms with Gasteiger partial charge in [-0.1, -0.05) is 0 Å². The number of likely N-dealkylation sites (N-methyl/N-ethyl adjacent to an activating group) is 2. The maximum Gasteiger partial charge on any atom is 0.273 e. The van der Waals surface area contributed by atoms with Gasteiger partial charge in [-0.15, -0.1) is 11.3 Å². The molecular formula is C14H17N3O2S2. The van der Waals surface area contributed by atoms with Crippen molar-refractivity contribution in [3.8, 4) is 10.6 Å². The van der Waals surface area contributed by atoms with Gasteiger partial charge in [-0.25, -0.2) is 4.98 Å². The number of hydrogen-bond donors (Lipinski definition) is 1. The third-order valence-electron chi connectivity index (χ3n) is 2.87. The van der Waals surface area contributed by atoms with Crippen molar-refractivity contribution in [2.24, 2.45) is 0 Å². The number of thiazole rings is 1. The normalized spacial score (nSPS) is 10.4. The van der Waals surface area contributed by atoms with Crippen molar-refractivity contribution < 1.29 is 9.59 Å². The molecule has 2 amide bonds. The van der Waals surface area contributed by atoms with Crippen molar-refractivity contribution in [1.82, 2.24) is 15.2 Å². The molecule has 0 aliphatic carbocycles. The molecule has 0 radical (unpaired) electrons. The molecule has 2 aromatic heterocycles. The summed E-state index contributed by atoms with van der Waals surface area (Å²) in [6.07, 6.45) is 0. The smallest absolute Gasteiger partial charge is 0.273 e. The Morgan fingerprint density at radius 3 is 2.76 bits per heavy atom. The predicted molar refractivity (Wildman–Crippen MR) is 85.7 cm³/mol. The van der Waals surface area contributed by atoms with Crippen LogP contribution in [0.15, 0.2) is 22.2 Å². The van der Waals surface area contributed by atoms with Crippen molar-refractivity contribution in [2.45, 2.75) is 13.8 Å². The van der Waals surface area contributed by atoms with E-state index < -0.39 is 0 Å². The number of nitrogens with zero attached hydrogens (tertiary/aromatic N) is 2. The quantitative estimate of drug-likeness (QED) is 0.888. The van der Waals surface area contributed by atoms with Gasteiger partial charge < -0.3 is 10.2 Å². The minimum absolute atomic E-state index is 0.0640. The van der Waals surface area contributed by atoms with Gasteiger partial charge in [-0.05, 0) is 25.3 Å². The molecule has 2 rings (SSSR count). The van der Waals surface area contributed by atoms with Gasteiger partial charge in [-0.2, -0.15) is 11.3 Å². The van der Waals surface area contributed by atoms with Gasteiger partial charge in [0.2, 0.25) is 5.91 Å². The van der Waals surface area contributed by atoms with E-state index >= 15 is 0 Å². The lowest BCUT2D eigenvalue weighted by molar-refractivity contribution is -0.121. The fraction of sp³-hybridized carbons (Fsp3) is 0.357. The van der Waals surface area contributed by atoms with Crippen molar-refractivity contribution in [3.05, 3.63) is 27.9 Å². The van der Waals surface area contributed by atoms with Crippen molar-refractivity contribution in [3.63, 3.8) is 0 Å². The summed E-state index contributed by atoms with van der Waals surface area (Å²) >= 11 is 3.04. The highest BCUT2D eigenvalue weighted by molar-refractivity contribution is 7.14. The molecule has 1 N–H and O–H groups in total. The summed E-state index contributed by atoms with van der Waals surface area (Å²) in [6.45, 7) is 4.80. The maximum atomic E-state index is 12.4. The molecule has 21 heavy (non-hydrogen) atoms. The van der Waals surface area contributed by atoms with Crippen LogP contribution < -0.4 is 5.32 Å². The van der Waals surface area contributed by atoms with Gasteiger partial charge in [0.25, 0.3) is 5.91 Å². The average molecular weight is 323 g/mol. The maximum absolute atomic E-state index is 12.4. The Morgan fingerprint density at radius 1 is 1.33 bits per heavy atom.